The molecule has 0 aromatic heterocycles. The second kappa shape index (κ2) is 38.6. The van der Waals surface area contributed by atoms with Crippen LogP contribution in [-0.2, 0) is 76.0 Å². The maximum atomic E-state index is 14.0. The molecule has 36 nitrogen and oxygen atoms in total. The number of nitrogens with one attached hydrogen (secondary N) is 5. The van der Waals surface area contributed by atoms with Crippen LogP contribution in [0.15, 0.2) is 36.4 Å². The zero-order chi connectivity index (χ0) is 72.5. The molecule has 1 aromatic rings. The Morgan fingerprint density at radius 2 is 0.899 bits per heavy atom. The molecular formula is C63H101N5O31. The zero-order valence-electron chi connectivity index (χ0n) is 56.1. The number of hydrogen-bond acceptors (Lipinski definition) is 31. The Bertz CT molecular complexity index is 2730. The van der Waals surface area contributed by atoms with Gasteiger partial charge in [0, 0.05) is 40.4 Å². The maximum Gasteiger partial charge on any atom is 0.251 e. The van der Waals surface area contributed by atoms with Crippen LogP contribution in [0, 0.1) is 0 Å². The highest BCUT2D eigenvalue weighted by atomic mass is 16.8. The quantitative estimate of drug-likeness (QED) is 0.0235. The highest BCUT2D eigenvalue weighted by Crippen LogP contribution is 2.37. The van der Waals surface area contributed by atoms with E-state index in [1.54, 1.807) is 12.1 Å². The summed E-state index contributed by atoms with van der Waals surface area (Å²) in [5.41, 5.74) is 0.0482. The normalized spacial score (nSPS) is 39.6. The molecular weight excluding hydrogens is 1320 g/mol. The van der Waals surface area contributed by atoms with Gasteiger partial charge in [-0.1, -0.05) is 44.4 Å². The lowest BCUT2D eigenvalue weighted by atomic mass is 9.93. The summed E-state index contributed by atoms with van der Waals surface area (Å²) in [5, 5.41) is 158. The van der Waals surface area contributed by atoms with Crippen molar-refractivity contribution in [2.24, 2.45) is 0 Å². The molecule has 6 saturated heterocycles. The second-order valence-electron chi connectivity index (χ2n) is 25.3. The lowest BCUT2D eigenvalue weighted by molar-refractivity contribution is -0.368. The van der Waals surface area contributed by atoms with Crippen LogP contribution in [0.1, 0.15) is 96.8 Å². The minimum Gasteiger partial charge on any atom is -0.494 e. The summed E-state index contributed by atoms with van der Waals surface area (Å²) in [6.45, 7) is 3.52. The summed E-state index contributed by atoms with van der Waals surface area (Å²) in [5.74, 6) is -3.67. The maximum absolute atomic E-state index is 14.0. The van der Waals surface area contributed by atoms with E-state index in [1.165, 1.54) is 39.0 Å². The topological polar surface area (TPSA) is 528 Å². The van der Waals surface area contributed by atoms with E-state index >= 15 is 0 Å². The van der Waals surface area contributed by atoms with Gasteiger partial charge in [-0.15, -0.1) is 0 Å². The minimum absolute atomic E-state index is 0.0482. The Labute approximate surface area is 571 Å². The highest BCUT2D eigenvalue weighted by Gasteiger charge is 2.58. The largest absolute Gasteiger partial charge is 0.494 e. The first-order chi connectivity index (χ1) is 47.2. The molecule has 6 heterocycles. The average molecular weight is 1420 g/mol. The van der Waals surface area contributed by atoms with Crippen LogP contribution in [0.4, 0.5) is 0 Å². The van der Waals surface area contributed by atoms with Gasteiger partial charge in [-0.05, 0) is 50.8 Å². The van der Waals surface area contributed by atoms with E-state index in [9.17, 15) is 90.4 Å². The molecule has 6 fully saturated rings. The van der Waals surface area contributed by atoms with Gasteiger partial charge in [-0.2, -0.15) is 0 Å². The van der Waals surface area contributed by atoms with Crippen molar-refractivity contribution < 1.29 is 152 Å². The fraction of sp³-hybridized carbons (Fsp3) is 0.794. The number of carbonyl (C=O) groups excluding carboxylic acids is 5. The number of carbonyl (C=O) groups is 5. The number of benzene rings is 1. The van der Waals surface area contributed by atoms with Crippen molar-refractivity contribution >= 4 is 29.5 Å². The minimum atomic E-state index is -2.07. The van der Waals surface area contributed by atoms with Crippen LogP contribution >= 0.6 is 0 Å². The van der Waals surface area contributed by atoms with E-state index in [2.05, 4.69) is 45.7 Å². The molecule has 7 rings (SSSR count). The van der Waals surface area contributed by atoms with Crippen LogP contribution in [0.25, 0.3) is 0 Å². The van der Waals surface area contributed by atoms with Gasteiger partial charge in [0.1, 0.15) is 146 Å². The van der Waals surface area contributed by atoms with Crippen molar-refractivity contribution in [2.45, 2.75) is 270 Å². The lowest BCUT2D eigenvalue weighted by Crippen LogP contribution is -2.72. The molecule has 99 heavy (non-hydrogen) atoms. The summed E-state index contributed by atoms with van der Waals surface area (Å²) in [7, 11) is 1.21. The highest BCUT2D eigenvalue weighted by molar-refractivity contribution is 5.94. The number of rotatable bonds is 32. The number of aliphatic hydroxyl groups excluding tert-OH is 13. The Balaban J connectivity index is 1.07. The fourth-order valence-electron chi connectivity index (χ4n) is 12.7. The van der Waals surface area contributed by atoms with Gasteiger partial charge in [0.25, 0.3) is 5.91 Å². The molecule has 30 atom stereocenters. The molecule has 0 aliphatic carbocycles. The number of ether oxygens (including phenoxy) is 13. The summed E-state index contributed by atoms with van der Waals surface area (Å²) in [6.07, 6.45) is -32.0. The summed E-state index contributed by atoms with van der Waals surface area (Å²) in [4.78, 5) is 65.1. The summed E-state index contributed by atoms with van der Waals surface area (Å²) >= 11 is 0. The molecule has 18 N–H and O–H groups in total. The summed E-state index contributed by atoms with van der Waals surface area (Å²) < 4.78 is 77.9. The monoisotopic (exact) mass is 1420 g/mol. The first-order valence-corrected chi connectivity index (χ1v) is 33.2. The van der Waals surface area contributed by atoms with Crippen molar-refractivity contribution in [2.75, 3.05) is 46.8 Å². The van der Waals surface area contributed by atoms with E-state index in [-0.39, 0.29) is 5.56 Å². The molecule has 564 valence electrons. The van der Waals surface area contributed by atoms with E-state index in [0.717, 1.165) is 53.4 Å². The van der Waals surface area contributed by atoms with Crippen molar-refractivity contribution in [3.8, 4) is 5.75 Å². The Hall–Kier alpha value is -4.89. The molecule has 0 saturated carbocycles. The van der Waals surface area contributed by atoms with Crippen molar-refractivity contribution in [3.63, 3.8) is 0 Å². The molecule has 36 heteroatoms. The van der Waals surface area contributed by atoms with E-state index in [4.69, 9.17) is 61.6 Å². The number of unbranched alkanes of at least 4 members (excludes halogenated alkanes) is 5. The van der Waals surface area contributed by atoms with Crippen molar-refractivity contribution in [3.05, 3.63) is 42.0 Å². The number of aliphatic hydroxyl groups is 13. The number of amides is 5. The van der Waals surface area contributed by atoms with Crippen LogP contribution in [-0.4, -0.2) is 327 Å². The van der Waals surface area contributed by atoms with E-state index in [1.807, 2.05) is 0 Å². The van der Waals surface area contributed by atoms with Gasteiger partial charge < -0.3 is 155 Å². The Morgan fingerprint density at radius 3 is 1.35 bits per heavy atom. The average Bonchev–Trinajstić information content (AvgIpc) is 0.772. The van der Waals surface area contributed by atoms with Crippen molar-refractivity contribution in [1.82, 2.24) is 26.6 Å². The molecule has 0 radical (unpaired) electrons. The SMILES string of the molecule is CCCCCC/C=C\CCCOc1cccc(C(=O)N[C@H]2C(O)[C@H](O)C(CO)O[C@H]2O[C@@H]2C(CO)OC(OC3C(CO)O[C@@H](O[C@@H]4C(CO)OC(OC5C(CO[C@@H]6OC(C)[C@@H](O)C(O)[C@H]6OC)O[C@@H](O)[C@@H](NC(C)=O)[C@H]5O)C(NC(C)=O)C4O)[C@@H](NC(C)=O)[C@H]3O)C(NC(C)=O)C2O)c1. The number of methoxy groups -OCH3 is 1. The predicted octanol–water partition coefficient (Wildman–Crippen LogP) is -6.72. The Kier molecular flexibility index (Phi) is 31.7. The predicted molar refractivity (Wildman–Crippen MR) is 333 cm³/mol. The third-order valence-corrected chi connectivity index (χ3v) is 17.8. The van der Waals surface area contributed by atoms with Gasteiger partial charge in [0.2, 0.25) is 23.6 Å². The molecule has 0 bridgehead atoms. The third-order valence-electron chi connectivity index (χ3n) is 17.8. The molecule has 1 aromatic carbocycles. The Morgan fingerprint density at radius 1 is 0.465 bits per heavy atom. The van der Waals surface area contributed by atoms with Gasteiger partial charge >= 0.3 is 0 Å². The lowest BCUT2D eigenvalue weighted by Gasteiger charge is -2.51. The second-order valence-corrected chi connectivity index (χ2v) is 25.3. The molecule has 6 aliphatic heterocycles. The van der Waals surface area contributed by atoms with Gasteiger partial charge in [-0.25, -0.2) is 0 Å². The zero-order valence-corrected chi connectivity index (χ0v) is 56.1. The van der Waals surface area contributed by atoms with Crippen LogP contribution < -0.4 is 31.3 Å². The molecule has 16 unspecified atom stereocenters. The molecule has 0 spiro atoms. The fourth-order valence-corrected chi connectivity index (χ4v) is 12.7. The van der Waals surface area contributed by atoms with Gasteiger partial charge in [0.05, 0.1) is 45.7 Å². The molecule has 5 amide bonds. The molecule has 6 aliphatic rings. The van der Waals surface area contributed by atoms with Gasteiger partial charge in [0.15, 0.2) is 37.7 Å². The van der Waals surface area contributed by atoms with Crippen LogP contribution in [0.5, 0.6) is 5.75 Å². The third kappa shape index (κ3) is 20.9. The van der Waals surface area contributed by atoms with E-state index in [0.29, 0.717) is 18.8 Å². The number of hydrogen-bond donors (Lipinski definition) is 18. The standard InChI is InChI=1S/C63H101N5O31/c1-8-9-10-11-12-13-14-15-16-20-88-33-19-17-18-32(21-33)57(85)68-40-46(79)45(78)34(22-69)92-59(40)96-52-35(23-70)93-60(41(48(52)81)65-29(4)74)97-53-36(24-71)94-61(42(49(53)82)66-30(5)75)98-54-37(25-72)95-62(43(50(54)83)67-31(6)76)99-55-38(91-58(86)39(47(55)80)64-28(3)73)26-89-63-56(87-7)51(84)44(77)27(2)90-63/h13-14,17-19,21,27,34-56,58-63,69-72,77-84,86H,8-12,15-16,20,22-26H2,1-7H3,(H,64,73)(H,65,74)(H,66,75)(H,67,76)(H,68,85)/b14-13-/t27?,34?,35?,36?,37?,38?,39-,40-,41?,42-,43?,44+,45+,46?,47+,48?,49+,50?,51?,52+,53?,54+,55?,56+,58+,59-,60?,61-,62?,63+/m0/s1. The van der Waals surface area contributed by atoms with E-state index < -0.39 is 246 Å². The first-order valence-electron chi connectivity index (χ1n) is 33.2. The van der Waals surface area contributed by atoms with Crippen molar-refractivity contribution in [1.29, 1.82) is 0 Å². The van der Waals surface area contributed by atoms with Gasteiger partial charge in [-0.3, -0.25) is 24.0 Å². The first kappa shape index (κ1) is 81.4. The smallest absolute Gasteiger partial charge is 0.251 e. The number of allylic oxidation sites excluding steroid dienone is 2. The summed E-state index contributed by atoms with van der Waals surface area (Å²) in [6, 6.07) is -2.45. The van der Waals surface area contributed by atoms with Crippen LogP contribution in [0.2, 0.25) is 0 Å². The van der Waals surface area contributed by atoms with Crippen LogP contribution in [0.3, 0.4) is 0 Å².